The number of aromatic amines is 1. The molecule has 1 amide bonds. The van der Waals surface area contributed by atoms with Crippen LogP contribution in [0.5, 0.6) is 0 Å². The first-order valence-electron chi connectivity index (χ1n) is 9.28. The molecule has 1 aliphatic rings. The monoisotopic (exact) mass is 417 g/mol. The minimum Gasteiger partial charge on any atom is -0.343 e. The number of nitrogens with one attached hydrogen (secondary N) is 1. The van der Waals surface area contributed by atoms with Crippen LogP contribution in [0.4, 0.5) is 0 Å². The summed E-state index contributed by atoms with van der Waals surface area (Å²) in [4.78, 5) is 42.3. The Balaban J connectivity index is 1.34. The number of fused-ring (bicyclic) bond motifs is 1. The normalized spacial score (nSPS) is 15.2. The first kappa shape index (κ1) is 19.0. The Kier molecular flexibility index (Phi) is 5.37. The number of amides is 1. The number of rotatable bonds is 5. The van der Waals surface area contributed by atoms with Crippen LogP contribution in [-0.2, 0) is 4.79 Å². The fraction of sp³-hybridized carbons (Fsp3) is 0.350. The third-order valence-corrected chi connectivity index (χ3v) is 6.49. The van der Waals surface area contributed by atoms with Crippen LogP contribution in [0.3, 0.4) is 0 Å². The zero-order valence-electron chi connectivity index (χ0n) is 15.2. The number of halogens is 1. The zero-order valence-corrected chi connectivity index (χ0v) is 16.8. The highest BCUT2D eigenvalue weighted by atomic mass is 35.5. The van der Waals surface area contributed by atoms with Crippen LogP contribution in [-0.4, -0.2) is 39.2 Å². The number of hydrogen-bond acceptors (Lipinski definition) is 4. The lowest BCUT2D eigenvalue weighted by Gasteiger charge is -2.32. The molecule has 2 aromatic heterocycles. The van der Waals surface area contributed by atoms with Crippen molar-refractivity contribution in [2.24, 2.45) is 0 Å². The van der Waals surface area contributed by atoms with Gasteiger partial charge in [-0.25, -0.2) is 4.79 Å². The molecule has 1 aliphatic heterocycles. The summed E-state index contributed by atoms with van der Waals surface area (Å²) in [6.45, 7) is 1.18. The van der Waals surface area contributed by atoms with E-state index in [2.05, 4.69) is 4.98 Å². The van der Waals surface area contributed by atoms with Gasteiger partial charge in [0.1, 0.15) is 0 Å². The minimum atomic E-state index is -0.105. The molecule has 0 radical (unpaired) electrons. The quantitative estimate of drug-likeness (QED) is 0.640. The molecule has 1 fully saturated rings. The minimum absolute atomic E-state index is 0.0132. The molecule has 0 unspecified atom stereocenters. The molecule has 0 spiro atoms. The molecule has 0 atom stereocenters. The summed E-state index contributed by atoms with van der Waals surface area (Å²) in [6.07, 6.45) is 1.84. The van der Waals surface area contributed by atoms with E-state index in [1.54, 1.807) is 21.6 Å². The largest absolute Gasteiger partial charge is 0.343 e. The number of Topliss-reactive ketones (excluding diaryl/α,β-unsaturated/α-hetero) is 1. The number of piperidine rings is 1. The predicted molar refractivity (Wildman–Crippen MR) is 110 cm³/mol. The molecule has 3 aromatic rings. The van der Waals surface area contributed by atoms with E-state index in [4.69, 9.17) is 11.6 Å². The van der Waals surface area contributed by atoms with Crippen LogP contribution < -0.4 is 5.69 Å². The number of thiophene rings is 1. The molecule has 146 valence electrons. The highest BCUT2D eigenvalue weighted by molar-refractivity contribution is 7.18. The van der Waals surface area contributed by atoms with Crippen LogP contribution >= 0.6 is 22.9 Å². The molecule has 1 aromatic carbocycles. The van der Waals surface area contributed by atoms with Gasteiger partial charge in [0, 0.05) is 32.0 Å². The van der Waals surface area contributed by atoms with Gasteiger partial charge in [-0.15, -0.1) is 11.3 Å². The molecule has 8 heteroatoms. The van der Waals surface area contributed by atoms with Crippen molar-refractivity contribution in [2.75, 3.05) is 13.1 Å². The number of H-pyrrole nitrogens is 1. The van der Waals surface area contributed by atoms with E-state index in [0.717, 1.165) is 23.9 Å². The number of benzene rings is 1. The number of hydrogen-bond donors (Lipinski definition) is 1. The lowest BCUT2D eigenvalue weighted by molar-refractivity contribution is -0.132. The fourth-order valence-electron chi connectivity index (χ4n) is 3.78. The van der Waals surface area contributed by atoms with Gasteiger partial charge < -0.3 is 9.88 Å². The number of nitrogens with zero attached hydrogens (tertiary/aromatic N) is 2. The van der Waals surface area contributed by atoms with E-state index in [9.17, 15) is 14.4 Å². The Morgan fingerprint density at radius 3 is 2.57 bits per heavy atom. The second kappa shape index (κ2) is 7.93. The van der Waals surface area contributed by atoms with Gasteiger partial charge in [0.05, 0.1) is 20.2 Å². The standard InChI is InChI=1S/C20H20ClN3O3S/c21-18-7-6-17(28-18)16(25)5-8-19(26)23-11-9-13(10-12-23)24-15-4-2-1-3-14(15)22-20(24)27/h1-4,6-7,13H,5,8-12H2,(H,22,27). The summed E-state index contributed by atoms with van der Waals surface area (Å²) >= 11 is 7.10. The van der Waals surface area contributed by atoms with Gasteiger partial charge in [-0.3, -0.25) is 14.2 Å². The Morgan fingerprint density at radius 2 is 1.86 bits per heavy atom. The summed E-state index contributed by atoms with van der Waals surface area (Å²) < 4.78 is 2.38. The summed E-state index contributed by atoms with van der Waals surface area (Å²) in [5, 5.41) is 0. The maximum absolute atomic E-state index is 12.5. The molecule has 1 saturated heterocycles. The van der Waals surface area contributed by atoms with Gasteiger partial charge in [-0.05, 0) is 37.1 Å². The second-order valence-electron chi connectivity index (χ2n) is 6.96. The van der Waals surface area contributed by atoms with Gasteiger partial charge >= 0.3 is 5.69 Å². The molecule has 0 aliphatic carbocycles. The Bertz CT molecular complexity index is 1080. The van der Waals surface area contributed by atoms with Crippen molar-refractivity contribution in [1.29, 1.82) is 0 Å². The van der Waals surface area contributed by atoms with Gasteiger partial charge in [-0.1, -0.05) is 23.7 Å². The number of likely N-dealkylation sites (tertiary alicyclic amines) is 1. The molecule has 28 heavy (non-hydrogen) atoms. The summed E-state index contributed by atoms with van der Waals surface area (Å²) in [5.41, 5.74) is 1.63. The number of carbonyl (C=O) groups excluding carboxylic acids is 2. The highest BCUT2D eigenvalue weighted by Crippen LogP contribution is 2.26. The van der Waals surface area contributed by atoms with Crippen LogP contribution in [0.25, 0.3) is 11.0 Å². The first-order chi connectivity index (χ1) is 13.5. The average Bonchev–Trinajstić information content (AvgIpc) is 3.28. The van der Waals surface area contributed by atoms with Gasteiger partial charge in [0.25, 0.3) is 0 Å². The van der Waals surface area contributed by atoms with Crippen molar-refractivity contribution in [3.8, 4) is 0 Å². The maximum Gasteiger partial charge on any atom is 0.326 e. The number of carbonyl (C=O) groups is 2. The van der Waals surface area contributed by atoms with E-state index in [1.165, 1.54) is 11.3 Å². The number of imidazole rings is 1. The maximum atomic E-state index is 12.5. The van der Waals surface area contributed by atoms with Crippen LogP contribution in [0.2, 0.25) is 4.34 Å². The molecule has 4 rings (SSSR count). The summed E-state index contributed by atoms with van der Waals surface area (Å²) in [6, 6.07) is 11.1. The van der Waals surface area contributed by atoms with Crippen molar-refractivity contribution in [1.82, 2.24) is 14.5 Å². The van der Waals surface area contributed by atoms with Crippen molar-refractivity contribution < 1.29 is 9.59 Å². The summed E-state index contributed by atoms with van der Waals surface area (Å²) in [7, 11) is 0. The molecular weight excluding hydrogens is 398 g/mol. The Hall–Kier alpha value is -2.38. The first-order valence-corrected chi connectivity index (χ1v) is 10.5. The van der Waals surface area contributed by atoms with Crippen molar-refractivity contribution in [3.63, 3.8) is 0 Å². The van der Waals surface area contributed by atoms with Crippen molar-refractivity contribution in [3.05, 3.63) is 56.1 Å². The zero-order chi connectivity index (χ0) is 19.7. The van der Waals surface area contributed by atoms with Crippen LogP contribution in [0.1, 0.15) is 41.4 Å². The molecular formula is C20H20ClN3O3S. The second-order valence-corrected chi connectivity index (χ2v) is 8.67. The lowest BCUT2D eigenvalue weighted by atomic mass is 10.0. The van der Waals surface area contributed by atoms with E-state index < -0.39 is 0 Å². The highest BCUT2D eigenvalue weighted by Gasteiger charge is 2.26. The van der Waals surface area contributed by atoms with Gasteiger partial charge in [0.2, 0.25) is 5.91 Å². The topological polar surface area (TPSA) is 75.2 Å². The average molecular weight is 418 g/mol. The smallest absolute Gasteiger partial charge is 0.326 e. The van der Waals surface area contributed by atoms with E-state index in [1.807, 2.05) is 24.3 Å². The lowest BCUT2D eigenvalue weighted by Crippen LogP contribution is -2.40. The SMILES string of the molecule is O=C(CCC(=O)N1CCC(n2c(=O)[nH]c3ccccc32)CC1)c1ccc(Cl)s1. The molecule has 6 nitrogen and oxygen atoms in total. The third kappa shape index (κ3) is 3.77. The molecule has 3 heterocycles. The number of ketones is 1. The van der Waals surface area contributed by atoms with Gasteiger partial charge in [-0.2, -0.15) is 0 Å². The number of aromatic nitrogens is 2. The van der Waals surface area contributed by atoms with Crippen LogP contribution in [0.15, 0.2) is 41.2 Å². The van der Waals surface area contributed by atoms with Crippen molar-refractivity contribution >= 4 is 45.7 Å². The Labute approximate surface area is 170 Å². The molecule has 1 N–H and O–H groups in total. The van der Waals surface area contributed by atoms with Gasteiger partial charge in [0.15, 0.2) is 5.78 Å². The third-order valence-electron chi connectivity index (χ3n) is 5.22. The van der Waals surface area contributed by atoms with E-state index >= 15 is 0 Å². The Morgan fingerprint density at radius 1 is 1.11 bits per heavy atom. The fourth-order valence-corrected chi connectivity index (χ4v) is 4.79. The van der Waals surface area contributed by atoms with E-state index in [0.29, 0.717) is 22.3 Å². The van der Waals surface area contributed by atoms with E-state index in [-0.39, 0.29) is 36.3 Å². The summed E-state index contributed by atoms with van der Waals surface area (Å²) in [5.74, 6) is -0.0637. The predicted octanol–water partition coefficient (Wildman–Crippen LogP) is 3.87. The van der Waals surface area contributed by atoms with Crippen molar-refractivity contribution in [2.45, 2.75) is 31.7 Å². The molecule has 0 bridgehead atoms. The number of para-hydroxylation sites is 2. The van der Waals surface area contributed by atoms with Crippen LogP contribution in [0, 0.1) is 0 Å². The molecule has 0 saturated carbocycles.